The van der Waals surface area contributed by atoms with Crippen LogP contribution in [0.5, 0.6) is 5.75 Å². The zero-order valence-corrected chi connectivity index (χ0v) is 20.9. The topological polar surface area (TPSA) is 83.2 Å². The number of amides is 1. The average molecular weight is 476 g/mol. The van der Waals surface area contributed by atoms with Crippen molar-refractivity contribution in [2.24, 2.45) is 5.11 Å². The number of azide groups is 1. The highest BCUT2D eigenvalue weighted by molar-refractivity contribution is 7.13. The molecular formula is C26H29N5O2S. The van der Waals surface area contributed by atoms with E-state index in [9.17, 15) is 4.79 Å². The van der Waals surface area contributed by atoms with Gasteiger partial charge in [0, 0.05) is 39.5 Å². The van der Waals surface area contributed by atoms with E-state index >= 15 is 0 Å². The van der Waals surface area contributed by atoms with Crippen LogP contribution >= 0.6 is 11.3 Å². The van der Waals surface area contributed by atoms with Gasteiger partial charge in [0.05, 0.1) is 18.5 Å². The molecule has 1 amide bonds. The number of ether oxygens (including phenoxy) is 1. The number of benzene rings is 1. The third kappa shape index (κ3) is 3.58. The first-order valence-electron chi connectivity index (χ1n) is 11.7. The molecule has 4 heterocycles. The summed E-state index contributed by atoms with van der Waals surface area (Å²) < 4.78 is 7.73. The zero-order chi connectivity index (χ0) is 24.0. The van der Waals surface area contributed by atoms with E-state index in [-0.39, 0.29) is 11.4 Å². The number of rotatable bonds is 3. The Hall–Kier alpha value is -3.22. The van der Waals surface area contributed by atoms with Crippen LogP contribution in [0.2, 0.25) is 0 Å². The summed E-state index contributed by atoms with van der Waals surface area (Å²) in [6.07, 6.45) is 3.68. The van der Waals surface area contributed by atoms with Gasteiger partial charge < -0.3 is 14.2 Å². The summed E-state index contributed by atoms with van der Waals surface area (Å²) in [7, 11) is 1.59. The Morgan fingerprint density at radius 1 is 1.15 bits per heavy atom. The molecule has 1 aromatic carbocycles. The van der Waals surface area contributed by atoms with Gasteiger partial charge in [0.1, 0.15) is 11.4 Å². The number of thiophene rings is 1. The Balaban J connectivity index is 1.84. The normalized spacial score (nSPS) is 15.5. The molecule has 0 aliphatic carbocycles. The fraction of sp³-hybridized carbons (Fsp3) is 0.423. The molecule has 0 radical (unpaired) electrons. The zero-order valence-electron chi connectivity index (χ0n) is 20.1. The Morgan fingerprint density at radius 3 is 2.65 bits per heavy atom. The van der Waals surface area contributed by atoms with Gasteiger partial charge in [-0.25, -0.2) is 0 Å². The number of hydrogen-bond acceptors (Lipinski definition) is 4. The molecule has 0 atom stereocenters. The molecule has 0 bridgehead atoms. The SMILES string of the molecule is COc1cc2c(cc1N=[N+]=[N-])-c1c(-c3cccs3)c3c(n1CC2)C(=O)N(C(C)(C)C)CCCC3. The van der Waals surface area contributed by atoms with Crippen molar-refractivity contribution in [2.45, 2.75) is 58.5 Å². The summed E-state index contributed by atoms with van der Waals surface area (Å²) in [5.74, 6) is 0.682. The maximum atomic E-state index is 14.1. The highest BCUT2D eigenvalue weighted by atomic mass is 32.1. The van der Waals surface area contributed by atoms with Crippen LogP contribution in [0.25, 0.3) is 32.1 Å². The summed E-state index contributed by atoms with van der Waals surface area (Å²) in [5, 5.41) is 5.98. The monoisotopic (exact) mass is 475 g/mol. The minimum atomic E-state index is -0.256. The number of fused-ring (bicyclic) bond motifs is 5. The maximum Gasteiger partial charge on any atom is 0.271 e. The second kappa shape index (κ2) is 8.53. The van der Waals surface area contributed by atoms with Crippen LogP contribution in [0.15, 0.2) is 34.8 Å². The minimum Gasteiger partial charge on any atom is -0.496 e. The fourth-order valence-electron chi connectivity index (χ4n) is 5.35. The van der Waals surface area contributed by atoms with Gasteiger partial charge in [-0.05, 0) is 86.7 Å². The molecule has 3 aromatic rings. The first-order chi connectivity index (χ1) is 16.3. The van der Waals surface area contributed by atoms with Crippen molar-refractivity contribution in [1.29, 1.82) is 0 Å². The minimum absolute atomic E-state index is 0.110. The third-order valence-corrected chi connectivity index (χ3v) is 7.75. The van der Waals surface area contributed by atoms with Crippen molar-refractivity contribution in [3.63, 3.8) is 0 Å². The molecule has 0 saturated carbocycles. The van der Waals surface area contributed by atoms with Gasteiger partial charge in [0.25, 0.3) is 5.91 Å². The summed E-state index contributed by atoms with van der Waals surface area (Å²) in [6.45, 7) is 7.83. The lowest BCUT2D eigenvalue weighted by Gasteiger charge is -2.37. The van der Waals surface area contributed by atoms with Gasteiger partial charge in [0.2, 0.25) is 0 Å². The second-order valence-corrected chi connectivity index (χ2v) is 10.8. The third-order valence-electron chi connectivity index (χ3n) is 6.86. The summed E-state index contributed by atoms with van der Waals surface area (Å²) in [5.41, 5.74) is 15.7. The lowest BCUT2D eigenvalue weighted by molar-refractivity contribution is 0.0559. The van der Waals surface area contributed by atoms with E-state index in [0.29, 0.717) is 11.4 Å². The van der Waals surface area contributed by atoms with Crippen molar-refractivity contribution in [3.8, 4) is 27.4 Å². The number of carbonyl (C=O) groups is 1. The van der Waals surface area contributed by atoms with Crippen molar-refractivity contribution < 1.29 is 9.53 Å². The highest BCUT2D eigenvalue weighted by Gasteiger charge is 2.37. The van der Waals surface area contributed by atoms with Gasteiger partial charge in [-0.15, -0.1) is 11.3 Å². The molecule has 5 rings (SSSR count). The molecule has 34 heavy (non-hydrogen) atoms. The van der Waals surface area contributed by atoms with E-state index < -0.39 is 0 Å². The maximum absolute atomic E-state index is 14.1. The van der Waals surface area contributed by atoms with E-state index in [1.54, 1.807) is 18.4 Å². The van der Waals surface area contributed by atoms with Crippen molar-refractivity contribution in [1.82, 2.24) is 9.47 Å². The van der Waals surface area contributed by atoms with Gasteiger partial charge >= 0.3 is 0 Å². The van der Waals surface area contributed by atoms with Crippen LogP contribution < -0.4 is 4.74 Å². The molecule has 8 heteroatoms. The van der Waals surface area contributed by atoms with Crippen LogP contribution in [-0.4, -0.2) is 34.6 Å². The molecule has 0 spiro atoms. The second-order valence-electron chi connectivity index (χ2n) is 9.89. The molecular weight excluding hydrogens is 446 g/mol. The molecule has 0 saturated heterocycles. The molecule has 0 fully saturated rings. The quantitative estimate of drug-likeness (QED) is 0.233. The van der Waals surface area contributed by atoms with Crippen molar-refractivity contribution in [3.05, 3.63) is 56.9 Å². The predicted octanol–water partition coefficient (Wildman–Crippen LogP) is 6.97. The molecule has 176 valence electrons. The van der Waals surface area contributed by atoms with Crippen LogP contribution in [0, 0.1) is 0 Å². The van der Waals surface area contributed by atoms with Crippen LogP contribution in [0.3, 0.4) is 0 Å². The molecule has 7 nitrogen and oxygen atoms in total. The molecule has 2 aliphatic rings. The van der Waals surface area contributed by atoms with Crippen molar-refractivity contribution >= 4 is 22.9 Å². The van der Waals surface area contributed by atoms with E-state index in [1.807, 2.05) is 17.0 Å². The molecule has 0 unspecified atom stereocenters. The lowest BCUT2D eigenvalue weighted by Crippen LogP contribution is -2.47. The predicted molar refractivity (Wildman–Crippen MR) is 136 cm³/mol. The Bertz CT molecular complexity index is 1310. The van der Waals surface area contributed by atoms with E-state index in [4.69, 9.17) is 10.3 Å². The summed E-state index contributed by atoms with van der Waals surface area (Å²) >= 11 is 1.70. The number of carbonyl (C=O) groups excluding carboxylic acids is 1. The molecule has 2 aliphatic heterocycles. The number of methoxy groups -OCH3 is 1. The fourth-order valence-corrected chi connectivity index (χ4v) is 6.15. The molecule has 0 N–H and O–H groups in total. The van der Waals surface area contributed by atoms with Gasteiger partial charge in [0.15, 0.2) is 0 Å². The first-order valence-corrected chi connectivity index (χ1v) is 12.6. The van der Waals surface area contributed by atoms with Crippen molar-refractivity contribution in [2.75, 3.05) is 13.7 Å². The standard InChI is InChI=1S/C26H29N5O2S/c1-26(2,3)31-11-6-5-8-17-22(21-9-7-13-34-21)23-18-15-19(28-29-27)20(33-4)14-16(18)10-12-30(23)24(17)25(31)32/h7,9,13-15H,5-6,8,10-12H2,1-4H3. The summed E-state index contributed by atoms with van der Waals surface area (Å²) in [4.78, 5) is 20.3. The van der Waals surface area contributed by atoms with E-state index in [0.717, 1.165) is 77.3 Å². The Morgan fingerprint density at radius 2 is 1.97 bits per heavy atom. The summed E-state index contributed by atoms with van der Waals surface area (Å²) in [6, 6.07) is 8.10. The first kappa shape index (κ1) is 22.6. The highest BCUT2D eigenvalue weighted by Crippen LogP contribution is 2.48. The van der Waals surface area contributed by atoms with Crippen LogP contribution in [-0.2, 0) is 19.4 Å². The average Bonchev–Trinajstić information content (AvgIpc) is 3.42. The lowest BCUT2D eigenvalue weighted by atomic mass is 9.92. The number of aryl methyl sites for hydroxylation is 1. The number of nitrogens with zero attached hydrogens (tertiary/aromatic N) is 5. The number of aromatic nitrogens is 1. The number of hydrogen-bond donors (Lipinski definition) is 0. The van der Waals surface area contributed by atoms with Gasteiger partial charge in [-0.3, -0.25) is 4.79 Å². The molecule has 2 aromatic heterocycles. The Kier molecular flexibility index (Phi) is 5.66. The van der Waals surface area contributed by atoms with Crippen LogP contribution in [0.1, 0.15) is 55.2 Å². The van der Waals surface area contributed by atoms with E-state index in [2.05, 4.69) is 52.9 Å². The largest absolute Gasteiger partial charge is 0.496 e. The smallest absolute Gasteiger partial charge is 0.271 e. The van der Waals surface area contributed by atoms with Gasteiger partial charge in [-0.2, -0.15) is 0 Å². The Labute approximate surface area is 203 Å². The van der Waals surface area contributed by atoms with E-state index in [1.165, 1.54) is 0 Å². The van der Waals surface area contributed by atoms with Gasteiger partial charge in [-0.1, -0.05) is 11.2 Å². The van der Waals surface area contributed by atoms with Crippen LogP contribution in [0.4, 0.5) is 5.69 Å².